The molecule has 0 amide bonds. The number of hydrogen-bond acceptors (Lipinski definition) is 3. The molecule has 0 saturated carbocycles. The van der Waals surface area contributed by atoms with Crippen LogP contribution < -0.4 is 0 Å². The van der Waals surface area contributed by atoms with Gasteiger partial charge < -0.3 is 9.64 Å². The van der Waals surface area contributed by atoms with Crippen molar-refractivity contribution in [2.45, 2.75) is 26.8 Å². The molecule has 26 heavy (non-hydrogen) atoms. The summed E-state index contributed by atoms with van der Waals surface area (Å²) >= 11 is 0. The summed E-state index contributed by atoms with van der Waals surface area (Å²) < 4.78 is 5.30. The molecule has 0 radical (unpaired) electrons. The molecular weight excluding hydrogens is 320 g/mol. The number of nitrogens with zero attached hydrogens (tertiary/aromatic N) is 2. The fraction of sp³-hybridized carbons (Fsp3) is 0.478. The molecule has 0 spiro atoms. The van der Waals surface area contributed by atoms with Crippen molar-refractivity contribution in [3.63, 3.8) is 0 Å². The molecule has 0 unspecified atom stereocenters. The molecule has 3 heteroatoms. The maximum Gasteiger partial charge on any atom is 0.0589 e. The van der Waals surface area contributed by atoms with Crippen LogP contribution in [0, 0.1) is 0 Å². The van der Waals surface area contributed by atoms with Gasteiger partial charge in [-0.25, -0.2) is 0 Å². The molecule has 2 aromatic carbocycles. The van der Waals surface area contributed by atoms with E-state index in [4.69, 9.17) is 4.74 Å². The number of methoxy groups -OCH3 is 1. The Morgan fingerprint density at radius 3 is 1.96 bits per heavy atom. The van der Waals surface area contributed by atoms with Gasteiger partial charge in [-0.3, -0.25) is 4.90 Å². The molecule has 3 nitrogen and oxygen atoms in total. The lowest BCUT2D eigenvalue weighted by atomic mass is 10.0. The van der Waals surface area contributed by atoms with Gasteiger partial charge in [-0.05, 0) is 49.3 Å². The van der Waals surface area contributed by atoms with Gasteiger partial charge in [0.1, 0.15) is 0 Å². The summed E-state index contributed by atoms with van der Waals surface area (Å²) in [5, 5.41) is 0. The summed E-state index contributed by atoms with van der Waals surface area (Å²) in [5.74, 6) is 0. The van der Waals surface area contributed by atoms with Crippen LogP contribution in [0.2, 0.25) is 0 Å². The highest BCUT2D eigenvalue weighted by atomic mass is 16.5. The van der Waals surface area contributed by atoms with Crippen LogP contribution in [0.5, 0.6) is 0 Å². The third-order valence-electron chi connectivity index (χ3n) is 4.92. The number of benzene rings is 2. The maximum absolute atomic E-state index is 5.30. The van der Waals surface area contributed by atoms with E-state index < -0.39 is 0 Å². The smallest absolute Gasteiger partial charge is 0.0589 e. The lowest BCUT2D eigenvalue weighted by Crippen LogP contribution is -2.31. The Balaban J connectivity index is 1.92. The Labute approximate surface area is 159 Å². The van der Waals surface area contributed by atoms with E-state index in [9.17, 15) is 0 Å². The summed E-state index contributed by atoms with van der Waals surface area (Å²) in [4.78, 5) is 4.99. The minimum Gasteiger partial charge on any atom is -0.383 e. The molecule has 0 bridgehead atoms. The van der Waals surface area contributed by atoms with Crippen molar-refractivity contribution in [2.24, 2.45) is 0 Å². The van der Waals surface area contributed by atoms with Crippen LogP contribution in [0.15, 0.2) is 54.6 Å². The van der Waals surface area contributed by atoms with Crippen molar-refractivity contribution in [3.05, 3.63) is 60.2 Å². The van der Waals surface area contributed by atoms with Gasteiger partial charge in [0.2, 0.25) is 0 Å². The Kier molecular flexibility index (Phi) is 9.40. The Morgan fingerprint density at radius 2 is 1.35 bits per heavy atom. The van der Waals surface area contributed by atoms with Gasteiger partial charge in [-0.2, -0.15) is 0 Å². The van der Waals surface area contributed by atoms with Crippen LogP contribution >= 0.6 is 0 Å². The Hall–Kier alpha value is -1.68. The molecule has 0 heterocycles. The van der Waals surface area contributed by atoms with Gasteiger partial charge in [-0.15, -0.1) is 0 Å². The minimum absolute atomic E-state index is 0.785. The number of hydrogen-bond donors (Lipinski definition) is 0. The van der Waals surface area contributed by atoms with E-state index in [1.807, 2.05) is 0 Å². The van der Waals surface area contributed by atoms with E-state index in [0.29, 0.717) is 0 Å². The molecule has 0 aliphatic heterocycles. The van der Waals surface area contributed by atoms with Crippen LogP contribution in [0.4, 0.5) is 0 Å². The first kappa shape index (κ1) is 20.6. The summed E-state index contributed by atoms with van der Waals surface area (Å²) in [5.41, 5.74) is 3.91. The van der Waals surface area contributed by atoms with Crippen LogP contribution in [0.1, 0.15) is 25.8 Å². The fourth-order valence-corrected chi connectivity index (χ4v) is 3.24. The first-order chi connectivity index (χ1) is 12.8. The predicted octanol–water partition coefficient (Wildman–Crippen LogP) is 4.53. The number of ether oxygens (including phenoxy) is 1. The second-order valence-electron chi connectivity index (χ2n) is 6.71. The maximum atomic E-state index is 5.30. The molecule has 0 aliphatic rings. The van der Waals surface area contributed by atoms with Crippen LogP contribution in [-0.4, -0.2) is 56.2 Å². The molecule has 0 saturated heterocycles. The zero-order valence-electron chi connectivity index (χ0n) is 16.7. The first-order valence-electron chi connectivity index (χ1n) is 9.84. The molecular formula is C23H34N2O. The van der Waals surface area contributed by atoms with Crippen LogP contribution in [0.3, 0.4) is 0 Å². The van der Waals surface area contributed by atoms with E-state index in [1.54, 1.807) is 7.11 Å². The highest BCUT2D eigenvalue weighted by Gasteiger charge is 2.08. The van der Waals surface area contributed by atoms with Gasteiger partial charge in [0.25, 0.3) is 0 Å². The second-order valence-corrected chi connectivity index (χ2v) is 6.71. The lowest BCUT2D eigenvalue weighted by Gasteiger charge is -2.24. The minimum atomic E-state index is 0.785. The van der Waals surface area contributed by atoms with Crippen molar-refractivity contribution in [2.75, 3.05) is 46.4 Å². The standard InChI is InChI=1S/C23H34N2O/c1-4-24(5-2)16-9-17-25(18-19-26-3)20-21-12-14-23(15-13-21)22-10-7-6-8-11-22/h6-8,10-15H,4-5,9,16-20H2,1-3H3. The van der Waals surface area contributed by atoms with E-state index in [0.717, 1.165) is 39.3 Å². The molecule has 142 valence electrons. The molecule has 0 atom stereocenters. The van der Waals surface area contributed by atoms with Crippen molar-refractivity contribution < 1.29 is 4.74 Å². The molecule has 0 aromatic heterocycles. The third-order valence-corrected chi connectivity index (χ3v) is 4.92. The monoisotopic (exact) mass is 354 g/mol. The van der Waals surface area contributed by atoms with Crippen LogP contribution in [-0.2, 0) is 11.3 Å². The summed E-state index contributed by atoms with van der Waals surface area (Å²) in [6.45, 7) is 11.8. The van der Waals surface area contributed by atoms with E-state index >= 15 is 0 Å². The molecule has 0 N–H and O–H groups in total. The molecule has 0 fully saturated rings. The molecule has 2 rings (SSSR count). The summed E-state index contributed by atoms with van der Waals surface area (Å²) in [6, 6.07) is 19.5. The van der Waals surface area contributed by atoms with Gasteiger partial charge in [0.15, 0.2) is 0 Å². The van der Waals surface area contributed by atoms with Crippen molar-refractivity contribution >= 4 is 0 Å². The van der Waals surface area contributed by atoms with Crippen molar-refractivity contribution in [3.8, 4) is 11.1 Å². The van der Waals surface area contributed by atoms with Gasteiger partial charge in [0, 0.05) is 20.2 Å². The van der Waals surface area contributed by atoms with Crippen LogP contribution in [0.25, 0.3) is 11.1 Å². The fourth-order valence-electron chi connectivity index (χ4n) is 3.24. The normalized spacial score (nSPS) is 11.4. The average Bonchev–Trinajstić information content (AvgIpc) is 2.70. The molecule has 0 aliphatic carbocycles. The van der Waals surface area contributed by atoms with Crippen molar-refractivity contribution in [1.29, 1.82) is 0 Å². The van der Waals surface area contributed by atoms with E-state index in [2.05, 4.69) is 78.2 Å². The third kappa shape index (κ3) is 6.91. The van der Waals surface area contributed by atoms with E-state index in [1.165, 1.54) is 29.7 Å². The summed E-state index contributed by atoms with van der Waals surface area (Å²) in [6.07, 6.45) is 1.20. The van der Waals surface area contributed by atoms with Gasteiger partial charge >= 0.3 is 0 Å². The van der Waals surface area contributed by atoms with Crippen molar-refractivity contribution in [1.82, 2.24) is 9.80 Å². The van der Waals surface area contributed by atoms with Gasteiger partial charge in [-0.1, -0.05) is 68.4 Å². The summed E-state index contributed by atoms with van der Waals surface area (Å²) in [7, 11) is 1.78. The topological polar surface area (TPSA) is 15.7 Å². The largest absolute Gasteiger partial charge is 0.383 e. The quantitative estimate of drug-likeness (QED) is 0.557. The Bertz CT molecular complexity index is 593. The zero-order chi connectivity index (χ0) is 18.6. The SMILES string of the molecule is CCN(CC)CCCN(CCOC)Cc1ccc(-c2ccccc2)cc1. The predicted molar refractivity (Wildman–Crippen MR) is 111 cm³/mol. The highest BCUT2D eigenvalue weighted by molar-refractivity contribution is 5.63. The lowest BCUT2D eigenvalue weighted by molar-refractivity contribution is 0.139. The van der Waals surface area contributed by atoms with E-state index in [-0.39, 0.29) is 0 Å². The first-order valence-corrected chi connectivity index (χ1v) is 9.84. The highest BCUT2D eigenvalue weighted by Crippen LogP contribution is 2.19. The molecule has 2 aromatic rings. The van der Waals surface area contributed by atoms with Gasteiger partial charge in [0.05, 0.1) is 6.61 Å². The average molecular weight is 355 g/mol. The number of rotatable bonds is 12. The zero-order valence-corrected chi connectivity index (χ0v) is 16.7. The second kappa shape index (κ2) is 11.8. The Morgan fingerprint density at radius 1 is 0.731 bits per heavy atom.